The van der Waals surface area contributed by atoms with E-state index in [0.717, 1.165) is 11.3 Å². The summed E-state index contributed by atoms with van der Waals surface area (Å²) in [7, 11) is 0. The summed E-state index contributed by atoms with van der Waals surface area (Å²) < 4.78 is 0. The van der Waals surface area contributed by atoms with Gasteiger partial charge >= 0.3 is 0 Å². The second-order valence-electron chi connectivity index (χ2n) is 9.81. The number of aromatic nitrogens is 2. The standard InChI is InChI=1S/C31H33N5O2/c1-22-18-28(34-23(22)2)30(37)33-20-27-21-35(31(38)26-14-9-15-32-19-26)16-17-36(27)29(24-10-5-3-6-11-24)25-12-7-4-8-13-25/h3-15,18-19,27,29,34H,16-17,20-21H2,1-2H3,(H,33,37). The maximum absolute atomic E-state index is 13.3. The van der Waals surface area contributed by atoms with Crippen molar-refractivity contribution in [3.05, 3.63) is 125 Å². The van der Waals surface area contributed by atoms with Crippen molar-refractivity contribution in [2.24, 2.45) is 0 Å². The Morgan fingerprint density at radius 3 is 2.24 bits per heavy atom. The van der Waals surface area contributed by atoms with Crippen molar-refractivity contribution in [2.75, 3.05) is 26.2 Å². The van der Waals surface area contributed by atoms with E-state index >= 15 is 0 Å². The van der Waals surface area contributed by atoms with Gasteiger partial charge in [-0.1, -0.05) is 60.7 Å². The molecule has 3 heterocycles. The number of hydrogen-bond donors (Lipinski definition) is 2. The fourth-order valence-corrected chi connectivity index (χ4v) is 5.18. The van der Waals surface area contributed by atoms with Gasteiger partial charge in [0, 0.05) is 50.3 Å². The quantitative estimate of drug-likeness (QED) is 0.389. The van der Waals surface area contributed by atoms with Crippen LogP contribution in [0.3, 0.4) is 0 Å². The number of carbonyl (C=O) groups excluding carboxylic acids is 2. The predicted octanol–water partition coefficient (Wildman–Crippen LogP) is 4.37. The molecule has 1 unspecified atom stereocenters. The average Bonchev–Trinajstić information content (AvgIpc) is 3.31. The van der Waals surface area contributed by atoms with E-state index in [1.165, 1.54) is 11.1 Å². The zero-order valence-corrected chi connectivity index (χ0v) is 21.8. The highest BCUT2D eigenvalue weighted by Gasteiger charge is 2.35. The number of benzene rings is 2. The number of aromatic amines is 1. The van der Waals surface area contributed by atoms with Crippen molar-refractivity contribution in [3.8, 4) is 0 Å². The minimum atomic E-state index is -0.146. The number of piperazine rings is 1. The Morgan fingerprint density at radius 1 is 0.974 bits per heavy atom. The van der Waals surface area contributed by atoms with Crippen LogP contribution in [0, 0.1) is 13.8 Å². The van der Waals surface area contributed by atoms with Crippen LogP contribution in [0.4, 0.5) is 0 Å². The first-order valence-corrected chi connectivity index (χ1v) is 13.0. The molecule has 0 spiro atoms. The fourth-order valence-electron chi connectivity index (χ4n) is 5.18. The van der Waals surface area contributed by atoms with Crippen LogP contribution in [0.1, 0.15) is 49.3 Å². The Balaban J connectivity index is 1.44. The smallest absolute Gasteiger partial charge is 0.267 e. The van der Waals surface area contributed by atoms with Crippen LogP contribution in [0.5, 0.6) is 0 Å². The summed E-state index contributed by atoms with van der Waals surface area (Å²) in [6, 6.07) is 26.2. The summed E-state index contributed by atoms with van der Waals surface area (Å²) in [5.41, 5.74) is 5.51. The number of hydrogen-bond acceptors (Lipinski definition) is 4. The molecule has 7 heteroatoms. The molecule has 0 bridgehead atoms. The number of rotatable bonds is 7. The maximum Gasteiger partial charge on any atom is 0.267 e. The van der Waals surface area contributed by atoms with Crippen molar-refractivity contribution in [2.45, 2.75) is 25.9 Å². The van der Waals surface area contributed by atoms with E-state index in [2.05, 4.69) is 68.7 Å². The third kappa shape index (κ3) is 5.53. The van der Waals surface area contributed by atoms with Crippen LogP contribution in [0.25, 0.3) is 0 Å². The molecule has 0 radical (unpaired) electrons. The lowest BCUT2D eigenvalue weighted by atomic mass is 9.94. The van der Waals surface area contributed by atoms with E-state index < -0.39 is 0 Å². The highest BCUT2D eigenvalue weighted by atomic mass is 16.2. The molecule has 0 aliphatic carbocycles. The fraction of sp³-hybridized carbons (Fsp3) is 0.258. The number of nitrogens with zero attached hydrogens (tertiary/aromatic N) is 3. The molecule has 2 amide bonds. The minimum absolute atomic E-state index is 0.00933. The van der Waals surface area contributed by atoms with Gasteiger partial charge in [-0.2, -0.15) is 0 Å². The van der Waals surface area contributed by atoms with Crippen LogP contribution < -0.4 is 5.32 Å². The number of nitrogens with one attached hydrogen (secondary N) is 2. The second-order valence-corrected chi connectivity index (χ2v) is 9.81. The number of H-pyrrole nitrogens is 1. The lowest BCUT2D eigenvalue weighted by Gasteiger charge is -2.45. The van der Waals surface area contributed by atoms with Gasteiger partial charge in [-0.25, -0.2) is 0 Å². The van der Waals surface area contributed by atoms with Gasteiger partial charge in [-0.05, 0) is 48.7 Å². The zero-order chi connectivity index (χ0) is 26.5. The number of carbonyl (C=O) groups is 2. The minimum Gasteiger partial charge on any atom is -0.354 e. The van der Waals surface area contributed by atoms with Gasteiger partial charge in [0.15, 0.2) is 0 Å². The lowest BCUT2D eigenvalue weighted by Crippen LogP contribution is -2.59. The summed E-state index contributed by atoms with van der Waals surface area (Å²) in [5, 5.41) is 3.13. The lowest BCUT2D eigenvalue weighted by molar-refractivity contribution is 0.0382. The van der Waals surface area contributed by atoms with Gasteiger partial charge in [0.05, 0.1) is 11.6 Å². The highest BCUT2D eigenvalue weighted by molar-refractivity contribution is 5.94. The van der Waals surface area contributed by atoms with Crippen LogP contribution in [0.2, 0.25) is 0 Å². The number of amides is 2. The zero-order valence-electron chi connectivity index (χ0n) is 21.8. The Labute approximate surface area is 223 Å². The molecule has 2 aromatic carbocycles. The maximum atomic E-state index is 13.3. The Morgan fingerprint density at radius 2 is 1.66 bits per heavy atom. The molecule has 2 aromatic heterocycles. The molecular weight excluding hydrogens is 474 g/mol. The van der Waals surface area contributed by atoms with E-state index in [1.54, 1.807) is 24.5 Å². The van der Waals surface area contributed by atoms with Crippen molar-refractivity contribution in [1.82, 2.24) is 25.1 Å². The van der Waals surface area contributed by atoms with Crippen molar-refractivity contribution >= 4 is 11.8 Å². The van der Waals surface area contributed by atoms with E-state index in [4.69, 9.17) is 0 Å². The van der Waals surface area contributed by atoms with Gasteiger partial charge in [0.1, 0.15) is 5.69 Å². The van der Waals surface area contributed by atoms with Gasteiger partial charge < -0.3 is 15.2 Å². The van der Waals surface area contributed by atoms with Crippen LogP contribution >= 0.6 is 0 Å². The molecule has 0 saturated carbocycles. The molecule has 2 N–H and O–H groups in total. The summed E-state index contributed by atoms with van der Waals surface area (Å²) >= 11 is 0. The Hall–Kier alpha value is -4.23. The third-order valence-electron chi connectivity index (χ3n) is 7.30. The SMILES string of the molecule is Cc1cc(C(=O)NCC2CN(C(=O)c3cccnc3)CCN2C(c2ccccc2)c2ccccc2)[nH]c1C. The molecule has 194 valence electrons. The van der Waals surface area contributed by atoms with Crippen molar-refractivity contribution < 1.29 is 9.59 Å². The van der Waals surface area contributed by atoms with Crippen LogP contribution in [0.15, 0.2) is 91.3 Å². The van der Waals surface area contributed by atoms with Gasteiger partial charge in [0.25, 0.3) is 11.8 Å². The second kappa shape index (κ2) is 11.4. The van der Waals surface area contributed by atoms with Crippen LogP contribution in [-0.4, -0.2) is 63.8 Å². The molecule has 1 aliphatic rings. The molecule has 1 fully saturated rings. The molecular formula is C31H33N5O2. The van der Waals surface area contributed by atoms with E-state index in [-0.39, 0.29) is 23.9 Å². The summed E-state index contributed by atoms with van der Waals surface area (Å²) in [6.45, 7) is 6.10. The van der Waals surface area contributed by atoms with Crippen molar-refractivity contribution in [3.63, 3.8) is 0 Å². The largest absolute Gasteiger partial charge is 0.354 e. The molecule has 1 aliphatic heterocycles. The first kappa shape index (κ1) is 25.4. The van der Waals surface area contributed by atoms with Crippen molar-refractivity contribution in [1.29, 1.82) is 0 Å². The normalized spacial score (nSPS) is 16.0. The van der Waals surface area contributed by atoms with E-state index in [0.29, 0.717) is 37.4 Å². The Bertz CT molecular complexity index is 1310. The van der Waals surface area contributed by atoms with E-state index in [9.17, 15) is 9.59 Å². The highest BCUT2D eigenvalue weighted by Crippen LogP contribution is 2.32. The molecule has 7 nitrogen and oxygen atoms in total. The molecule has 1 saturated heterocycles. The van der Waals surface area contributed by atoms with E-state index in [1.807, 2.05) is 36.9 Å². The summed E-state index contributed by atoms with van der Waals surface area (Å²) in [4.78, 5) is 38.0. The molecule has 38 heavy (non-hydrogen) atoms. The average molecular weight is 508 g/mol. The van der Waals surface area contributed by atoms with Gasteiger partial charge in [0.2, 0.25) is 0 Å². The molecule has 1 atom stereocenters. The monoisotopic (exact) mass is 507 g/mol. The molecule has 4 aromatic rings. The van der Waals surface area contributed by atoms with Gasteiger partial charge in [-0.15, -0.1) is 0 Å². The first-order valence-electron chi connectivity index (χ1n) is 13.0. The third-order valence-corrected chi connectivity index (χ3v) is 7.30. The molecule has 5 rings (SSSR count). The Kier molecular flexibility index (Phi) is 7.65. The summed E-state index contributed by atoms with van der Waals surface area (Å²) in [6.07, 6.45) is 3.28. The summed E-state index contributed by atoms with van der Waals surface area (Å²) in [5.74, 6) is -0.187. The number of aryl methyl sites for hydroxylation is 2. The van der Waals surface area contributed by atoms with Gasteiger partial charge in [-0.3, -0.25) is 19.5 Å². The topological polar surface area (TPSA) is 81.3 Å². The number of pyridine rings is 1. The predicted molar refractivity (Wildman–Crippen MR) is 148 cm³/mol. The first-order chi connectivity index (χ1) is 18.5. The van der Waals surface area contributed by atoms with Crippen LogP contribution in [-0.2, 0) is 0 Å².